The van der Waals surface area contributed by atoms with Gasteiger partial charge < -0.3 is 25.6 Å². The summed E-state index contributed by atoms with van der Waals surface area (Å²) < 4.78 is 12.4. The highest BCUT2D eigenvalue weighted by Crippen LogP contribution is 2.68. The van der Waals surface area contributed by atoms with E-state index < -0.39 is 28.6 Å². The Balaban J connectivity index is 1.64. The maximum atomic E-state index is 12.0. The van der Waals surface area contributed by atoms with Gasteiger partial charge in [-0.25, -0.2) is 0 Å². The molecule has 2 bridgehead atoms. The van der Waals surface area contributed by atoms with E-state index >= 15 is 0 Å². The lowest BCUT2D eigenvalue weighted by atomic mass is 9.52. The zero-order valence-electron chi connectivity index (χ0n) is 14.7. The molecule has 26 heavy (non-hydrogen) atoms. The minimum Gasteiger partial charge on any atom is -0.747 e. The fourth-order valence-electron chi connectivity index (χ4n) is 5.79. The van der Waals surface area contributed by atoms with Crippen molar-refractivity contribution >= 4 is 6.72 Å². The van der Waals surface area contributed by atoms with E-state index in [4.69, 9.17) is 24.9 Å². The molecule has 9 atom stereocenters. The molecular formula is C15H23N5O6-2. The first-order valence-corrected chi connectivity index (χ1v) is 8.80. The Morgan fingerprint density at radius 2 is 1.96 bits per heavy atom. The van der Waals surface area contributed by atoms with Crippen molar-refractivity contribution in [1.82, 2.24) is 16.2 Å². The summed E-state index contributed by atoms with van der Waals surface area (Å²) >= 11 is 0. The van der Waals surface area contributed by atoms with E-state index in [0.29, 0.717) is 12.8 Å². The largest absolute Gasteiger partial charge is 0.747 e. The number of nitrogens with two attached hydrogens (primary N) is 1. The van der Waals surface area contributed by atoms with Crippen molar-refractivity contribution in [2.24, 2.45) is 21.6 Å². The molecule has 0 radical (unpaired) electrons. The van der Waals surface area contributed by atoms with E-state index in [0.717, 1.165) is 0 Å². The first-order valence-electron chi connectivity index (χ1n) is 8.80. The highest BCUT2D eigenvalue weighted by Gasteiger charge is 2.79. The van der Waals surface area contributed by atoms with Crippen molar-refractivity contribution in [1.29, 1.82) is 0 Å². The number of hydrazine groups is 2. The molecule has 146 valence electrons. The maximum absolute atomic E-state index is 12.0. The van der Waals surface area contributed by atoms with Crippen molar-refractivity contribution < 1.29 is 19.1 Å². The van der Waals surface area contributed by atoms with Crippen LogP contribution in [0.2, 0.25) is 0 Å². The van der Waals surface area contributed by atoms with Crippen LogP contribution in [0, 0.1) is 21.2 Å². The molecule has 0 aromatic rings. The topological polar surface area (TPSA) is 143 Å². The molecule has 0 aromatic heterocycles. The van der Waals surface area contributed by atoms with Crippen LogP contribution in [0.25, 0.3) is 0 Å². The van der Waals surface area contributed by atoms with Gasteiger partial charge in [0.2, 0.25) is 0 Å². The lowest BCUT2D eigenvalue weighted by Crippen LogP contribution is -2.66. The minimum atomic E-state index is -0.663. The molecule has 3 heterocycles. The standard InChI is InChI=1S/C15H23N5O6/c1-13-4-7-9(17-3)10(13)26-20(22)18-19(21)23-6-15(13)5-8(16)14(2)11(25-14)12(15)24-7/h7-12,18H,3-6,16H2,1-2H3/q-2/t7?,8-,9-,10+,11?,12?,13+,14+,15?/m0/s1. The lowest BCUT2D eigenvalue weighted by Gasteiger charge is -2.57. The first kappa shape index (κ1) is 17.4. The molecule has 3 saturated heterocycles. The SMILES string of the molecule is C=N[C@H]1C2C[C@]3(C)[C@@H]1ON([O-])NN([O-])OCC31C[C@H](N)[C@@]3(C)OC3C1O2. The van der Waals surface area contributed by atoms with Crippen LogP contribution >= 0.6 is 0 Å². The minimum absolute atomic E-state index is 0.00126. The van der Waals surface area contributed by atoms with E-state index in [1.165, 1.54) is 0 Å². The Bertz CT molecular complexity index is 642. The molecular weight excluding hydrogens is 346 g/mol. The summed E-state index contributed by atoms with van der Waals surface area (Å²) in [5, 5.41) is 23.9. The average molecular weight is 369 g/mol. The molecule has 4 unspecified atom stereocenters. The van der Waals surface area contributed by atoms with Gasteiger partial charge in [-0.3, -0.25) is 14.7 Å². The number of hydrogen-bond acceptors (Lipinski definition) is 11. The molecule has 0 amide bonds. The molecule has 5 rings (SSSR count). The Morgan fingerprint density at radius 3 is 2.69 bits per heavy atom. The fraction of sp³-hybridized carbons (Fsp3) is 0.933. The summed E-state index contributed by atoms with van der Waals surface area (Å²) in [6.45, 7) is 7.69. The zero-order chi connectivity index (χ0) is 18.5. The molecule has 1 spiro atoms. The summed E-state index contributed by atoms with van der Waals surface area (Å²) in [5.74, 6) is 0. The second-order valence-electron chi connectivity index (χ2n) is 8.49. The van der Waals surface area contributed by atoms with Crippen LogP contribution in [0.15, 0.2) is 4.99 Å². The number of hydrogen-bond donors (Lipinski definition) is 2. The molecule has 3 N–H and O–H groups in total. The van der Waals surface area contributed by atoms with Gasteiger partial charge in [0.1, 0.15) is 23.9 Å². The number of nitrogens with zero attached hydrogens (tertiary/aromatic N) is 3. The fourth-order valence-corrected chi connectivity index (χ4v) is 5.79. The van der Waals surface area contributed by atoms with Crippen molar-refractivity contribution in [3.63, 3.8) is 0 Å². The van der Waals surface area contributed by atoms with E-state index in [9.17, 15) is 10.4 Å². The molecule has 2 aliphatic carbocycles. The molecule has 11 heteroatoms. The average Bonchev–Trinajstić information content (AvgIpc) is 3.20. The van der Waals surface area contributed by atoms with Gasteiger partial charge in [0.05, 0.1) is 18.8 Å². The third-order valence-electron chi connectivity index (χ3n) is 7.45. The van der Waals surface area contributed by atoms with Gasteiger partial charge in [0.25, 0.3) is 0 Å². The quantitative estimate of drug-likeness (QED) is 0.453. The smallest absolute Gasteiger partial charge is 0.115 e. The number of fused-ring (bicyclic) bond motifs is 3. The Labute approximate surface area is 150 Å². The Kier molecular flexibility index (Phi) is 3.48. The second-order valence-corrected chi connectivity index (χ2v) is 8.49. The van der Waals surface area contributed by atoms with Gasteiger partial charge in [0, 0.05) is 16.9 Å². The van der Waals surface area contributed by atoms with Gasteiger partial charge in [-0.2, -0.15) is 16.2 Å². The molecule has 0 aromatic carbocycles. The van der Waals surface area contributed by atoms with Crippen LogP contribution < -0.4 is 11.3 Å². The number of aliphatic imine (C=N–C) groups is 1. The van der Waals surface area contributed by atoms with Crippen LogP contribution in [-0.2, 0) is 19.1 Å². The van der Waals surface area contributed by atoms with Crippen LogP contribution in [0.4, 0.5) is 0 Å². The van der Waals surface area contributed by atoms with Gasteiger partial charge in [0.15, 0.2) is 0 Å². The predicted molar refractivity (Wildman–Crippen MR) is 87.4 cm³/mol. The number of rotatable bonds is 1. The maximum Gasteiger partial charge on any atom is 0.115 e. The molecule has 5 fully saturated rings. The summed E-state index contributed by atoms with van der Waals surface area (Å²) in [5.41, 5.74) is 6.71. The van der Waals surface area contributed by atoms with Gasteiger partial charge in [-0.15, -0.1) is 0 Å². The normalized spacial score (nSPS) is 59.6. The van der Waals surface area contributed by atoms with Crippen LogP contribution in [-0.4, -0.2) is 66.1 Å². The number of ether oxygens (including phenoxy) is 2. The van der Waals surface area contributed by atoms with E-state index in [2.05, 4.69) is 11.7 Å². The van der Waals surface area contributed by atoms with E-state index in [1.54, 1.807) is 0 Å². The van der Waals surface area contributed by atoms with Crippen LogP contribution in [0.5, 0.6) is 0 Å². The van der Waals surface area contributed by atoms with Gasteiger partial charge in [-0.05, 0) is 26.5 Å². The Morgan fingerprint density at radius 1 is 1.19 bits per heavy atom. The highest BCUT2D eigenvalue weighted by molar-refractivity contribution is 5.31. The summed E-state index contributed by atoms with van der Waals surface area (Å²) in [6, 6.07) is -0.696. The third-order valence-corrected chi connectivity index (χ3v) is 7.45. The lowest BCUT2D eigenvalue weighted by molar-refractivity contribution is -0.290. The summed E-state index contributed by atoms with van der Waals surface area (Å²) in [7, 11) is 0. The van der Waals surface area contributed by atoms with Crippen LogP contribution in [0.3, 0.4) is 0 Å². The molecule has 11 nitrogen and oxygen atoms in total. The molecule has 5 aliphatic rings. The molecule has 2 saturated carbocycles. The number of nitrogens with one attached hydrogen (secondary N) is 1. The first-order chi connectivity index (χ1) is 12.2. The van der Waals surface area contributed by atoms with Crippen molar-refractivity contribution in [3.05, 3.63) is 10.4 Å². The highest BCUT2D eigenvalue weighted by atomic mass is 17.0. The number of epoxide rings is 1. The van der Waals surface area contributed by atoms with Crippen LogP contribution in [0.1, 0.15) is 26.7 Å². The zero-order valence-corrected chi connectivity index (χ0v) is 14.7. The summed E-state index contributed by atoms with van der Waals surface area (Å²) in [6.07, 6.45) is -0.294. The summed E-state index contributed by atoms with van der Waals surface area (Å²) in [4.78, 5) is 15.1. The van der Waals surface area contributed by atoms with E-state index in [1.807, 2.05) is 19.4 Å². The van der Waals surface area contributed by atoms with Crippen molar-refractivity contribution in [2.75, 3.05) is 6.61 Å². The van der Waals surface area contributed by atoms with Gasteiger partial charge >= 0.3 is 0 Å². The Hall–Kier alpha value is -0.730. The van der Waals surface area contributed by atoms with E-state index in [-0.39, 0.29) is 41.6 Å². The second kappa shape index (κ2) is 5.20. The monoisotopic (exact) mass is 369 g/mol. The predicted octanol–water partition coefficient (Wildman–Crippen LogP) is -0.627. The van der Waals surface area contributed by atoms with Crippen molar-refractivity contribution in [2.45, 2.75) is 68.8 Å². The third kappa shape index (κ3) is 1.93. The van der Waals surface area contributed by atoms with Gasteiger partial charge in [-0.1, -0.05) is 6.92 Å². The molecule has 3 aliphatic heterocycles. The van der Waals surface area contributed by atoms with Crippen molar-refractivity contribution in [3.8, 4) is 0 Å².